The molecule has 0 aromatic heterocycles. The van der Waals surface area contributed by atoms with Crippen molar-refractivity contribution < 1.29 is 13.3 Å². The van der Waals surface area contributed by atoms with Crippen molar-refractivity contribution >= 4 is 33.2 Å². The molecule has 0 radical (unpaired) electrons. The predicted molar refractivity (Wildman–Crippen MR) is 93.6 cm³/mol. The minimum Gasteiger partial charge on any atom is -0.333 e. The first-order chi connectivity index (χ1) is 10.8. The van der Waals surface area contributed by atoms with Crippen LogP contribution in [0.15, 0.2) is 53.4 Å². The lowest BCUT2D eigenvalue weighted by molar-refractivity contribution is -0.890. The Morgan fingerprint density at radius 1 is 1.04 bits per heavy atom. The van der Waals surface area contributed by atoms with Gasteiger partial charge in [-0.05, 0) is 18.2 Å². The molecule has 0 unspecified atom stereocenters. The largest absolute Gasteiger partial charge is 0.333 e. The van der Waals surface area contributed by atoms with E-state index in [0.29, 0.717) is 5.02 Å². The zero-order chi connectivity index (χ0) is 17.0. The van der Waals surface area contributed by atoms with E-state index in [1.165, 1.54) is 18.2 Å². The molecule has 4 nitrogen and oxygen atoms in total. The smallest absolute Gasteiger partial charge is 0.240 e. The lowest BCUT2D eigenvalue weighted by atomic mass is 10.1. The lowest BCUT2D eigenvalue weighted by Gasteiger charge is -2.22. The summed E-state index contributed by atoms with van der Waals surface area (Å²) >= 11 is 11.7. The van der Waals surface area contributed by atoms with E-state index in [9.17, 15) is 8.42 Å². The molecular formula is C16H19Cl2N2O2S+. The van der Waals surface area contributed by atoms with Crippen LogP contribution in [-0.4, -0.2) is 29.1 Å². The Kier molecular flexibility index (Phi) is 6.06. The van der Waals surface area contributed by atoms with Gasteiger partial charge in [0.05, 0.1) is 35.6 Å². The number of rotatable bonds is 6. The molecule has 0 aliphatic heterocycles. The Hall–Kier alpha value is -1.11. The van der Waals surface area contributed by atoms with Crippen molar-refractivity contribution in [1.82, 2.24) is 4.72 Å². The maximum Gasteiger partial charge on any atom is 0.240 e. The fourth-order valence-electron chi connectivity index (χ4n) is 2.26. The minimum absolute atomic E-state index is 0.00810. The van der Waals surface area contributed by atoms with Gasteiger partial charge in [0.1, 0.15) is 6.04 Å². The number of nitrogens with one attached hydrogen (secondary N) is 2. The van der Waals surface area contributed by atoms with E-state index in [2.05, 4.69) is 4.72 Å². The number of likely N-dealkylation sites (N-methyl/N-ethyl adjacent to an activating group) is 1. The summed E-state index contributed by atoms with van der Waals surface area (Å²) in [6.07, 6.45) is 0. The molecule has 2 N–H and O–H groups in total. The second kappa shape index (κ2) is 7.64. The average Bonchev–Trinajstić information content (AvgIpc) is 2.50. The summed E-state index contributed by atoms with van der Waals surface area (Å²) in [5.74, 6) is 0. The third kappa shape index (κ3) is 4.68. The van der Waals surface area contributed by atoms with Gasteiger partial charge in [-0.1, -0.05) is 53.5 Å². The molecule has 2 aromatic rings. The van der Waals surface area contributed by atoms with Crippen molar-refractivity contribution in [2.45, 2.75) is 10.9 Å². The van der Waals surface area contributed by atoms with Gasteiger partial charge >= 0.3 is 0 Å². The van der Waals surface area contributed by atoms with E-state index >= 15 is 0 Å². The molecular weight excluding hydrogens is 355 g/mol. The van der Waals surface area contributed by atoms with Crippen LogP contribution in [0.25, 0.3) is 0 Å². The second-order valence-corrected chi connectivity index (χ2v) is 8.05. The summed E-state index contributed by atoms with van der Waals surface area (Å²) in [6.45, 7) is 0.287. The lowest BCUT2D eigenvalue weighted by Crippen LogP contribution is -3.07. The van der Waals surface area contributed by atoms with Crippen molar-refractivity contribution in [3.63, 3.8) is 0 Å². The highest BCUT2D eigenvalue weighted by atomic mass is 35.5. The standard InChI is InChI=1S/C16H18Cl2N2O2S/c1-20(2)16(12-6-4-3-5-7-12)11-19-23(21,22)13-8-9-14(17)15(18)10-13/h3-10,16,19H,11H2,1-2H3/p+1/t16-/m0/s1. The van der Waals surface area contributed by atoms with E-state index in [-0.39, 0.29) is 22.5 Å². The van der Waals surface area contributed by atoms with Crippen LogP contribution in [0.3, 0.4) is 0 Å². The molecule has 2 rings (SSSR count). The summed E-state index contributed by atoms with van der Waals surface area (Å²) < 4.78 is 27.5. The fourth-order valence-corrected chi connectivity index (χ4v) is 3.70. The van der Waals surface area contributed by atoms with Crippen molar-refractivity contribution in [3.8, 4) is 0 Å². The monoisotopic (exact) mass is 373 g/mol. The van der Waals surface area contributed by atoms with Crippen LogP contribution in [-0.2, 0) is 10.0 Å². The zero-order valence-corrected chi connectivity index (χ0v) is 15.2. The summed E-state index contributed by atoms with van der Waals surface area (Å²) in [4.78, 5) is 1.24. The molecule has 0 aliphatic rings. The van der Waals surface area contributed by atoms with Crippen molar-refractivity contribution in [2.24, 2.45) is 0 Å². The molecule has 0 saturated carbocycles. The SMILES string of the molecule is C[NH+](C)[C@@H](CNS(=O)(=O)c1ccc(Cl)c(Cl)c1)c1ccccc1. The first-order valence-corrected chi connectivity index (χ1v) is 9.35. The number of quaternary nitrogens is 1. The molecule has 0 spiro atoms. The Labute approximate surface area is 147 Å². The van der Waals surface area contributed by atoms with E-state index in [1.807, 2.05) is 44.4 Å². The maximum atomic E-state index is 12.4. The number of halogens is 2. The van der Waals surface area contributed by atoms with Gasteiger partial charge in [0, 0.05) is 5.56 Å². The fraction of sp³-hybridized carbons (Fsp3) is 0.250. The van der Waals surface area contributed by atoms with Gasteiger partial charge in [0.25, 0.3) is 0 Å². The summed E-state index contributed by atoms with van der Waals surface area (Å²) in [7, 11) is 0.340. The van der Waals surface area contributed by atoms with Gasteiger partial charge < -0.3 is 4.90 Å². The predicted octanol–water partition coefficient (Wildman–Crippen LogP) is 2.16. The van der Waals surface area contributed by atoms with Crippen molar-refractivity contribution in [1.29, 1.82) is 0 Å². The highest BCUT2D eigenvalue weighted by Gasteiger charge is 2.22. The topological polar surface area (TPSA) is 50.6 Å². The molecule has 2 aromatic carbocycles. The molecule has 7 heteroatoms. The highest BCUT2D eigenvalue weighted by molar-refractivity contribution is 7.89. The van der Waals surface area contributed by atoms with Gasteiger partial charge in [-0.2, -0.15) is 0 Å². The third-order valence-electron chi connectivity index (χ3n) is 3.58. The molecule has 1 atom stereocenters. The molecule has 23 heavy (non-hydrogen) atoms. The average molecular weight is 374 g/mol. The Morgan fingerprint density at radius 2 is 1.70 bits per heavy atom. The first-order valence-electron chi connectivity index (χ1n) is 7.11. The Morgan fingerprint density at radius 3 is 2.26 bits per heavy atom. The highest BCUT2D eigenvalue weighted by Crippen LogP contribution is 2.24. The van der Waals surface area contributed by atoms with Crippen LogP contribution < -0.4 is 9.62 Å². The van der Waals surface area contributed by atoms with Crippen LogP contribution in [0.1, 0.15) is 11.6 Å². The Balaban J connectivity index is 2.18. The summed E-state index contributed by atoms with van der Waals surface area (Å²) in [5, 5.41) is 0.540. The summed E-state index contributed by atoms with van der Waals surface area (Å²) in [5.41, 5.74) is 1.07. The van der Waals surface area contributed by atoms with E-state index in [4.69, 9.17) is 23.2 Å². The quantitative estimate of drug-likeness (QED) is 0.814. The van der Waals surface area contributed by atoms with E-state index < -0.39 is 10.0 Å². The maximum absolute atomic E-state index is 12.4. The number of sulfonamides is 1. The van der Waals surface area contributed by atoms with Crippen LogP contribution in [0.5, 0.6) is 0 Å². The van der Waals surface area contributed by atoms with Gasteiger partial charge in [-0.25, -0.2) is 13.1 Å². The first kappa shape index (κ1) is 18.2. The Bertz CT molecular complexity index is 765. The second-order valence-electron chi connectivity index (χ2n) is 5.47. The number of hydrogen-bond donors (Lipinski definition) is 2. The van der Waals surface area contributed by atoms with Crippen molar-refractivity contribution in [2.75, 3.05) is 20.6 Å². The van der Waals surface area contributed by atoms with Gasteiger partial charge in [0.15, 0.2) is 0 Å². The van der Waals surface area contributed by atoms with Gasteiger partial charge in [0.2, 0.25) is 10.0 Å². The van der Waals surface area contributed by atoms with Crippen LogP contribution in [0.2, 0.25) is 10.0 Å². The summed E-state index contributed by atoms with van der Waals surface area (Å²) in [6, 6.07) is 14.1. The normalized spacial score (nSPS) is 13.3. The minimum atomic E-state index is -3.64. The molecule has 0 fully saturated rings. The third-order valence-corrected chi connectivity index (χ3v) is 5.74. The molecule has 124 valence electrons. The van der Waals surface area contributed by atoms with Crippen molar-refractivity contribution in [3.05, 3.63) is 64.1 Å². The number of hydrogen-bond acceptors (Lipinski definition) is 2. The molecule has 0 saturated heterocycles. The van der Waals surface area contributed by atoms with Gasteiger partial charge in [-0.3, -0.25) is 0 Å². The van der Waals surface area contributed by atoms with Crippen LogP contribution in [0.4, 0.5) is 0 Å². The number of benzene rings is 2. The van der Waals surface area contributed by atoms with E-state index in [0.717, 1.165) is 10.5 Å². The zero-order valence-electron chi connectivity index (χ0n) is 12.9. The van der Waals surface area contributed by atoms with Gasteiger partial charge in [-0.15, -0.1) is 0 Å². The molecule has 0 bridgehead atoms. The van der Waals surface area contributed by atoms with Crippen LogP contribution >= 0.6 is 23.2 Å². The van der Waals surface area contributed by atoms with Crippen LogP contribution in [0, 0.1) is 0 Å². The van der Waals surface area contributed by atoms with E-state index in [1.54, 1.807) is 0 Å². The molecule has 0 amide bonds. The molecule has 0 heterocycles. The molecule has 0 aliphatic carbocycles.